The first-order valence-corrected chi connectivity index (χ1v) is 9.69. The van der Waals surface area contributed by atoms with E-state index in [0.29, 0.717) is 17.2 Å². The van der Waals surface area contributed by atoms with E-state index in [2.05, 4.69) is 4.98 Å². The number of ether oxygens (including phenoxy) is 1. The van der Waals surface area contributed by atoms with Crippen LogP contribution in [0.4, 0.5) is 0 Å². The summed E-state index contributed by atoms with van der Waals surface area (Å²) < 4.78 is 5.85. The topological polar surface area (TPSA) is 62.3 Å². The van der Waals surface area contributed by atoms with Crippen molar-refractivity contribution in [2.75, 3.05) is 0 Å². The molecule has 29 heavy (non-hydrogen) atoms. The van der Waals surface area contributed by atoms with Crippen molar-refractivity contribution in [3.63, 3.8) is 0 Å². The molecule has 0 amide bonds. The van der Waals surface area contributed by atoms with Gasteiger partial charge in [0.15, 0.2) is 0 Å². The summed E-state index contributed by atoms with van der Waals surface area (Å²) in [5, 5.41) is 10.7. The molecular formula is C24H20ClNO3. The molecule has 1 heterocycles. The smallest absolute Gasteiger partial charge is 0.307 e. The van der Waals surface area contributed by atoms with Crippen molar-refractivity contribution in [2.24, 2.45) is 0 Å². The average Bonchev–Trinajstić information content (AvgIpc) is 3.10. The van der Waals surface area contributed by atoms with E-state index in [-0.39, 0.29) is 6.42 Å². The van der Waals surface area contributed by atoms with E-state index in [1.165, 1.54) is 0 Å². The molecule has 0 radical (unpaired) electrons. The van der Waals surface area contributed by atoms with Gasteiger partial charge in [-0.2, -0.15) is 0 Å². The summed E-state index contributed by atoms with van der Waals surface area (Å²) in [6.45, 7) is 2.47. The molecule has 0 aliphatic carbocycles. The minimum Gasteiger partial charge on any atom is -0.489 e. The van der Waals surface area contributed by atoms with Gasteiger partial charge in [0.2, 0.25) is 0 Å². The SMILES string of the molecule is Cc1ccc(Cl)c2c(CC(=O)O)c(-c3ccc(OCc4ccccc4)cc3)[nH]c12. The minimum absolute atomic E-state index is 0.106. The first kappa shape index (κ1) is 19.1. The Morgan fingerprint density at radius 3 is 2.45 bits per heavy atom. The van der Waals surface area contributed by atoms with Gasteiger partial charge in [0, 0.05) is 5.39 Å². The van der Waals surface area contributed by atoms with Crippen LogP contribution >= 0.6 is 11.6 Å². The summed E-state index contributed by atoms with van der Waals surface area (Å²) >= 11 is 6.41. The highest BCUT2D eigenvalue weighted by Gasteiger charge is 2.19. The molecule has 0 aliphatic heterocycles. The van der Waals surface area contributed by atoms with E-state index >= 15 is 0 Å². The standard InChI is InChI=1S/C24H20ClNO3/c1-15-7-12-20(25)22-19(13-21(27)28)24(26-23(15)22)17-8-10-18(11-9-17)29-14-16-5-3-2-4-6-16/h2-12,26H,13-14H2,1H3,(H,27,28). The second-order valence-corrected chi connectivity index (χ2v) is 7.37. The van der Waals surface area contributed by atoms with Crippen LogP contribution in [0, 0.1) is 6.92 Å². The summed E-state index contributed by atoms with van der Waals surface area (Å²) in [6, 6.07) is 21.3. The highest BCUT2D eigenvalue weighted by Crippen LogP contribution is 2.37. The Morgan fingerprint density at radius 2 is 1.76 bits per heavy atom. The number of hydrogen-bond acceptors (Lipinski definition) is 2. The predicted octanol–water partition coefficient (Wildman–Crippen LogP) is 6.00. The highest BCUT2D eigenvalue weighted by atomic mass is 35.5. The van der Waals surface area contributed by atoms with Crippen molar-refractivity contribution in [1.82, 2.24) is 4.98 Å². The zero-order valence-corrected chi connectivity index (χ0v) is 16.7. The van der Waals surface area contributed by atoms with Gasteiger partial charge in [-0.3, -0.25) is 4.79 Å². The molecule has 0 spiro atoms. The number of nitrogens with one attached hydrogen (secondary N) is 1. The summed E-state index contributed by atoms with van der Waals surface area (Å²) in [4.78, 5) is 14.9. The van der Waals surface area contributed by atoms with Crippen LogP contribution in [0.3, 0.4) is 0 Å². The van der Waals surface area contributed by atoms with Crippen LogP contribution in [0.25, 0.3) is 22.2 Å². The quantitative estimate of drug-likeness (QED) is 0.413. The summed E-state index contributed by atoms with van der Waals surface area (Å²) in [7, 11) is 0. The van der Waals surface area contributed by atoms with Crippen LogP contribution < -0.4 is 4.74 Å². The molecule has 4 rings (SSSR count). The van der Waals surface area contributed by atoms with Gasteiger partial charge in [-0.1, -0.05) is 48.0 Å². The fourth-order valence-corrected chi connectivity index (χ4v) is 3.77. The lowest BCUT2D eigenvalue weighted by atomic mass is 10.0. The number of rotatable bonds is 6. The first-order chi connectivity index (χ1) is 14.0. The number of halogens is 1. The van der Waals surface area contributed by atoms with Crippen LogP contribution in [0.5, 0.6) is 5.75 Å². The van der Waals surface area contributed by atoms with Crippen molar-refractivity contribution in [3.05, 3.63) is 88.4 Å². The number of carbonyl (C=O) groups is 1. The minimum atomic E-state index is -0.896. The molecule has 5 heteroatoms. The van der Waals surface area contributed by atoms with Crippen molar-refractivity contribution < 1.29 is 14.6 Å². The van der Waals surface area contributed by atoms with E-state index in [1.54, 1.807) is 0 Å². The number of carboxylic acids is 1. The van der Waals surface area contributed by atoms with Gasteiger partial charge in [-0.15, -0.1) is 0 Å². The van der Waals surface area contributed by atoms with E-state index in [9.17, 15) is 9.90 Å². The number of hydrogen-bond donors (Lipinski definition) is 2. The third kappa shape index (κ3) is 3.98. The van der Waals surface area contributed by atoms with Gasteiger partial charge in [0.25, 0.3) is 0 Å². The molecule has 146 valence electrons. The lowest BCUT2D eigenvalue weighted by Crippen LogP contribution is -2.01. The molecule has 0 fully saturated rings. The maximum atomic E-state index is 11.5. The van der Waals surface area contributed by atoms with Crippen LogP contribution in [-0.4, -0.2) is 16.1 Å². The Hall–Kier alpha value is -3.24. The van der Waals surface area contributed by atoms with Crippen LogP contribution in [0.2, 0.25) is 5.02 Å². The molecule has 4 nitrogen and oxygen atoms in total. The van der Waals surface area contributed by atoms with E-state index in [0.717, 1.165) is 39.0 Å². The molecule has 2 N–H and O–H groups in total. The van der Waals surface area contributed by atoms with Crippen molar-refractivity contribution >= 4 is 28.5 Å². The van der Waals surface area contributed by atoms with Crippen LogP contribution in [-0.2, 0) is 17.8 Å². The van der Waals surface area contributed by atoms with Gasteiger partial charge in [-0.05, 0) is 59.5 Å². The third-order valence-corrected chi connectivity index (χ3v) is 5.25. The van der Waals surface area contributed by atoms with Crippen molar-refractivity contribution in [3.8, 4) is 17.0 Å². The zero-order chi connectivity index (χ0) is 20.4. The Balaban J connectivity index is 1.68. The lowest BCUT2D eigenvalue weighted by molar-refractivity contribution is -0.136. The summed E-state index contributed by atoms with van der Waals surface area (Å²) in [5.74, 6) is -0.143. The molecule has 0 unspecified atom stereocenters. The molecule has 0 bridgehead atoms. The maximum Gasteiger partial charge on any atom is 0.307 e. The lowest BCUT2D eigenvalue weighted by Gasteiger charge is -2.08. The number of aromatic nitrogens is 1. The Bertz CT molecular complexity index is 1160. The molecule has 0 aliphatic rings. The molecule has 0 saturated heterocycles. The highest BCUT2D eigenvalue weighted by molar-refractivity contribution is 6.36. The van der Waals surface area contributed by atoms with Crippen molar-refractivity contribution in [1.29, 1.82) is 0 Å². The van der Waals surface area contributed by atoms with Gasteiger partial charge < -0.3 is 14.8 Å². The maximum absolute atomic E-state index is 11.5. The van der Waals surface area contributed by atoms with Crippen molar-refractivity contribution in [2.45, 2.75) is 20.0 Å². The Kier molecular flexibility index (Phi) is 5.28. The predicted molar refractivity (Wildman–Crippen MR) is 116 cm³/mol. The van der Waals surface area contributed by atoms with E-state index < -0.39 is 5.97 Å². The third-order valence-electron chi connectivity index (χ3n) is 4.94. The van der Waals surface area contributed by atoms with Gasteiger partial charge in [0.05, 0.1) is 22.7 Å². The molecule has 4 aromatic rings. The number of benzene rings is 3. The van der Waals surface area contributed by atoms with Gasteiger partial charge >= 0.3 is 5.97 Å². The number of aryl methyl sites for hydroxylation is 1. The Labute approximate surface area is 173 Å². The van der Waals surface area contributed by atoms with E-state index in [1.807, 2.05) is 73.7 Å². The number of aromatic amines is 1. The average molecular weight is 406 g/mol. The van der Waals surface area contributed by atoms with Crippen LogP contribution in [0.15, 0.2) is 66.7 Å². The van der Waals surface area contributed by atoms with Gasteiger partial charge in [-0.25, -0.2) is 0 Å². The summed E-state index contributed by atoms with van der Waals surface area (Å²) in [5.41, 5.74) is 5.34. The first-order valence-electron chi connectivity index (χ1n) is 9.31. The second kappa shape index (κ2) is 8.02. The Morgan fingerprint density at radius 1 is 1.03 bits per heavy atom. The molecular weight excluding hydrogens is 386 g/mol. The molecule has 3 aromatic carbocycles. The largest absolute Gasteiger partial charge is 0.489 e. The molecule has 0 atom stereocenters. The van der Waals surface area contributed by atoms with Gasteiger partial charge in [0.1, 0.15) is 12.4 Å². The molecule has 1 aromatic heterocycles. The second-order valence-electron chi connectivity index (χ2n) is 6.96. The zero-order valence-electron chi connectivity index (χ0n) is 15.9. The fraction of sp³-hybridized carbons (Fsp3) is 0.125. The number of H-pyrrole nitrogens is 1. The van der Waals surface area contributed by atoms with Crippen LogP contribution in [0.1, 0.15) is 16.7 Å². The fourth-order valence-electron chi connectivity index (χ4n) is 3.50. The molecule has 0 saturated carbocycles. The number of aliphatic carboxylic acids is 1. The normalized spacial score (nSPS) is 11.0. The van der Waals surface area contributed by atoms with E-state index in [4.69, 9.17) is 16.3 Å². The summed E-state index contributed by atoms with van der Waals surface area (Å²) in [6.07, 6.45) is -0.106. The monoisotopic (exact) mass is 405 g/mol. The number of fused-ring (bicyclic) bond motifs is 1. The number of carboxylic acid groups (broad SMARTS) is 1.